The van der Waals surface area contributed by atoms with Crippen molar-refractivity contribution >= 4 is 35.6 Å². The van der Waals surface area contributed by atoms with Gasteiger partial charge in [-0.2, -0.15) is 9.97 Å². The molecule has 52 heavy (non-hydrogen) atoms. The molecule has 0 unspecified atom stereocenters. The summed E-state index contributed by atoms with van der Waals surface area (Å²) < 4.78 is 56.1. The molecule has 1 saturated heterocycles. The van der Waals surface area contributed by atoms with E-state index < -0.39 is 19.7 Å². The summed E-state index contributed by atoms with van der Waals surface area (Å²) >= 11 is 0. The van der Waals surface area contributed by atoms with Crippen LogP contribution in [0, 0.1) is 28.5 Å². The van der Waals surface area contributed by atoms with Crippen LogP contribution in [0.5, 0.6) is 11.8 Å². The predicted octanol–water partition coefficient (Wildman–Crippen LogP) is 8.05. The molecule has 0 atom stereocenters. The molecule has 6 rings (SSSR count). The fourth-order valence-electron chi connectivity index (χ4n) is 7.75. The van der Waals surface area contributed by atoms with Gasteiger partial charge in [0.25, 0.3) is 0 Å². The lowest BCUT2D eigenvalue weighted by molar-refractivity contribution is 0.0512. The van der Waals surface area contributed by atoms with Gasteiger partial charge in [0.05, 0.1) is 30.8 Å². The van der Waals surface area contributed by atoms with E-state index in [0.717, 1.165) is 19.3 Å². The van der Waals surface area contributed by atoms with Crippen LogP contribution in [0.25, 0.3) is 32.9 Å². The summed E-state index contributed by atoms with van der Waals surface area (Å²) in [6.45, 7) is 15.7. The number of anilines is 1. The maximum Gasteiger partial charge on any atom is 0.319 e. The molecule has 0 bridgehead atoms. The smallest absolute Gasteiger partial charge is 0.319 e. The highest BCUT2D eigenvalue weighted by molar-refractivity contribution is 6.90. The highest BCUT2D eigenvalue weighted by atomic mass is 28.3. The number of hydrogen-bond donors (Lipinski definition) is 1. The molecule has 1 N–H and O–H groups in total. The van der Waals surface area contributed by atoms with Gasteiger partial charge >= 0.3 is 6.01 Å². The van der Waals surface area contributed by atoms with E-state index in [0.29, 0.717) is 76.2 Å². The molecule has 0 radical (unpaired) electrons. The minimum absolute atomic E-state index is 0.00914. The van der Waals surface area contributed by atoms with E-state index in [1.54, 1.807) is 24.4 Å². The predicted molar refractivity (Wildman–Crippen MR) is 203 cm³/mol. The van der Waals surface area contributed by atoms with E-state index in [1.165, 1.54) is 13.2 Å². The quantitative estimate of drug-likeness (QED) is 0.0882. The third-order valence-electron chi connectivity index (χ3n) is 10.9. The van der Waals surface area contributed by atoms with Crippen molar-refractivity contribution in [3.8, 4) is 34.5 Å². The van der Waals surface area contributed by atoms with E-state index >= 15 is 8.78 Å². The summed E-state index contributed by atoms with van der Waals surface area (Å²) in [7, 11) is -0.748. The van der Waals surface area contributed by atoms with E-state index in [4.69, 9.17) is 28.9 Å². The Morgan fingerprint density at radius 3 is 2.42 bits per heavy atom. The number of hydrogen-bond acceptors (Lipinski definition) is 9. The van der Waals surface area contributed by atoms with Crippen LogP contribution in [0.15, 0.2) is 30.5 Å². The molecule has 2 aromatic carbocycles. The minimum atomic E-state index is -2.26. The number of ether oxygens (including phenoxy) is 4. The van der Waals surface area contributed by atoms with Gasteiger partial charge in [0, 0.05) is 49.4 Å². The summed E-state index contributed by atoms with van der Waals surface area (Å²) in [5.41, 5.74) is 4.83. The molecule has 0 amide bonds. The molecular formula is C40H50F2N4O5Si. The van der Waals surface area contributed by atoms with Gasteiger partial charge in [-0.1, -0.05) is 53.5 Å². The third-order valence-corrected chi connectivity index (χ3v) is 17.2. The first-order chi connectivity index (χ1) is 24.9. The maximum absolute atomic E-state index is 17.3. The molecule has 2 aromatic heterocycles. The zero-order chi connectivity index (χ0) is 37.2. The number of nitrogens with zero attached hydrogens (tertiary/aromatic N) is 4. The fraction of sp³-hybridized carbons (Fsp3) is 0.525. The number of benzene rings is 2. The molecular weight excluding hydrogens is 683 g/mol. The monoisotopic (exact) mass is 732 g/mol. The molecule has 0 spiro atoms. The molecule has 2 aliphatic rings. The van der Waals surface area contributed by atoms with Crippen molar-refractivity contribution in [2.45, 2.75) is 77.4 Å². The van der Waals surface area contributed by atoms with Gasteiger partial charge in [-0.05, 0) is 59.5 Å². The van der Waals surface area contributed by atoms with Gasteiger partial charge in [-0.25, -0.2) is 8.78 Å². The topological polar surface area (TPSA) is 99.1 Å². The Hall–Kier alpha value is -3.89. The Balaban J connectivity index is 1.59. The molecule has 1 saturated carbocycles. The summed E-state index contributed by atoms with van der Waals surface area (Å²) in [5.74, 6) is 3.02. The van der Waals surface area contributed by atoms with Crippen molar-refractivity contribution in [3.05, 3.63) is 47.7 Å². The van der Waals surface area contributed by atoms with Gasteiger partial charge < -0.3 is 29.0 Å². The highest BCUT2D eigenvalue weighted by Crippen LogP contribution is 2.46. The van der Waals surface area contributed by atoms with Crippen LogP contribution in [-0.4, -0.2) is 81.6 Å². The van der Waals surface area contributed by atoms with Crippen molar-refractivity contribution in [2.24, 2.45) is 5.41 Å². The lowest BCUT2D eigenvalue weighted by atomic mass is 9.95. The van der Waals surface area contributed by atoms with Crippen LogP contribution in [0.3, 0.4) is 0 Å². The van der Waals surface area contributed by atoms with E-state index in [1.807, 2.05) is 4.90 Å². The number of methoxy groups -OCH3 is 1. The second-order valence-corrected chi connectivity index (χ2v) is 20.7. The maximum atomic E-state index is 17.3. The first kappa shape index (κ1) is 37.9. The fourth-order valence-corrected chi connectivity index (χ4v) is 13.0. The summed E-state index contributed by atoms with van der Waals surface area (Å²) in [4.78, 5) is 16.1. The molecule has 12 heteroatoms. The summed E-state index contributed by atoms with van der Waals surface area (Å²) in [6.07, 6.45) is 4.01. The van der Waals surface area contributed by atoms with E-state index in [2.05, 4.69) is 58.0 Å². The average molecular weight is 733 g/mol. The highest BCUT2D eigenvalue weighted by Gasteiger charge is 2.43. The van der Waals surface area contributed by atoms with Crippen LogP contribution >= 0.6 is 0 Å². The largest absolute Gasteiger partial charge is 0.468 e. The second-order valence-electron chi connectivity index (χ2n) is 15.1. The Morgan fingerprint density at radius 2 is 1.75 bits per heavy atom. The number of pyridine rings is 1. The first-order valence-corrected chi connectivity index (χ1v) is 20.5. The first-order valence-electron chi connectivity index (χ1n) is 18.3. The zero-order valence-electron chi connectivity index (χ0n) is 31.3. The van der Waals surface area contributed by atoms with Crippen molar-refractivity contribution in [3.63, 3.8) is 0 Å². The summed E-state index contributed by atoms with van der Waals surface area (Å²) in [5, 5.41) is 11.4. The van der Waals surface area contributed by atoms with Crippen LogP contribution in [0.1, 0.15) is 66.4 Å². The van der Waals surface area contributed by atoms with Crippen LogP contribution < -0.4 is 14.4 Å². The van der Waals surface area contributed by atoms with E-state index in [9.17, 15) is 5.11 Å². The van der Waals surface area contributed by atoms with Gasteiger partial charge in [-0.3, -0.25) is 4.98 Å². The molecule has 3 heterocycles. The normalized spacial score (nSPS) is 16.1. The van der Waals surface area contributed by atoms with Gasteiger partial charge in [0.1, 0.15) is 36.7 Å². The third kappa shape index (κ3) is 7.33. The molecule has 1 aliphatic heterocycles. The number of aliphatic hydroxyl groups excluding tert-OH is 1. The van der Waals surface area contributed by atoms with Crippen LogP contribution in [-0.2, 0) is 9.47 Å². The Kier molecular flexibility index (Phi) is 11.4. The van der Waals surface area contributed by atoms with Crippen molar-refractivity contribution in [1.82, 2.24) is 15.0 Å². The molecule has 1 aliphatic carbocycles. The second kappa shape index (κ2) is 15.6. The average Bonchev–Trinajstić information content (AvgIpc) is 3.95. The van der Waals surface area contributed by atoms with Crippen LogP contribution in [0.2, 0.25) is 16.6 Å². The summed E-state index contributed by atoms with van der Waals surface area (Å²) in [6, 6.07) is 6.50. The minimum Gasteiger partial charge on any atom is -0.468 e. The Bertz CT molecular complexity index is 1960. The number of halogens is 2. The molecule has 2 fully saturated rings. The number of aromatic nitrogens is 3. The standard InChI is InChI=1S/C40H50F2N4O5Si/c1-25(2)52(26(3)4,27(5)6)18-11-30-33(41)10-9-28-19-29(51-24-48-7)20-31(34(28)30)36-35(42)37-32(21-43-36)38(46-14-8-16-49-17-15-46)45-39(44-37)50-23-40(22-47)12-13-40/h9-10,19-21,25-27,47H,8,12-17,22-24H2,1-7H3. The molecule has 278 valence electrons. The van der Waals surface area contributed by atoms with Crippen LogP contribution in [0.4, 0.5) is 14.6 Å². The van der Waals surface area contributed by atoms with Gasteiger partial charge in [0.2, 0.25) is 0 Å². The van der Waals surface area contributed by atoms with Crippen molar-refractivity contribution < 1.29 is 32.8 Å². The Morgan fingerprint density at radius 1 is 1.00 bits per heavy atom. The number of fused-ring (bicyclic) bond motifs is 2. The van der Waals surface area contributed by atoms with Crippen molar-refractivity contribution in [2.75, 3.05) is 58.3 Å². The van der Waals surface area contributed by atoms with E-state index in [-0.39, 0.29) is 48.2 Å². The van der Waals surface area contributed by atoms with Gasteiger partial charge in [0.15, 0.2) is 12.6 Å². The number of aliphatic hydroxyl groups is 1. The molecule has 4 aromatic rings. The number of rotatable bonds is 12. The zero-order valence-corrected chi connectivity index (χ0v) is 32.3. The molecule has 9 nitrogen and oxygen atoms in total. The SMILES string of the molecule is COCOc1cc(-c2ncc3c(N4CCCOCC4)nc(OCC4(CO)CC4)nc3c2F)c2c(C#C[Si](C(C)C)(C(C)C)C(C)C)c(F)ccc2c1. The lowest BCUT2D eigenvalue weighted by Crippen LogP contribution is -2.43. The lowest BCUT2D eigenvalue weighted by Gasteiger charge is -2.38. The van der Waals surface area contributed by atoms with Gasteiger partial charge in [-0.15, -0.1) is 5.54 Å². The Labute approximate surface area is 306 Å². The van der Waals surface area contributed by atoms with Crippen molar-refractivity contribution in [1.29, 1.82) is 0 Å².